The van der Waals surface area contributed by atoms with Gasteiger partial charge < -0.3 is 14.8 Å². The van der Waals surface area contributed by atoms with Crippen LogP contribution in [-0.4, -0.2) is 41.6 Å². The summed E-state index contributed by atoms with van der Waals surface area (Å²) < 4.78 is 1.68. The third-order valence-electron chi connectivity index (χ3n) is 3.71. The Hall–Kier alpha value is -0.850. The minimum Gasteiger partial charge on any atom is -0.341 e. The van der Waals surface area contributed by atoms with E-state index in [9.17, 15) is 9.59 Å². The largest absolute Gasteiger partial charge is 0.341 e. The Morgan fingerprint density at radius 1 is 1.55 bits per heavy atom. The van der Waals surface area contributed by atoms with Crippen LogP contribution in [0.2, 0.25) is 0 Å². The number of nitrogens with zero attached hydrogens (tertiary/aromatic N) is 2. The number of rotatable bonds is 4. The first kappa shape index (κ1) is 17.2. The second-order valence-electron chi connectivity index (χ2n) is 5.01. The molecule has 1 aliphatic heterocycles. The van der Waals surface area contributed by atoms with Gasteiger partial charge in [-0.15, -0.1) is 12.4 Å². The van der Waals surface area contributed by atoms with Gasteiger partial charge in [-0.3, -0.25) is 9.59 Å². The number of halogens is 1. The van der Waals surface area contributed by atoms with Crippen LogP contribution in [0.4, 0.5) is 0 Å². The van der Waals surface area contributed by atoms with Crippen molar-refractivity contribution in [2.75, 3.05) is 20.1 Å². The lowest BCUT2D eigenvalue weighted by atomic mass is 10.1. The van der Waals surface area contributed by atoms with Gasteiger partial charge in [0.2, 0.25) is 5.91 Å². The lowest BCUT2D eigenvalue weighted by Crippen LogP contribution is -2.47. The van der Waals surface area contributed by atoms with E-state index in [1.807, 2.05) is 24.3 Å². The molecule has 7 heteroatoms. The summed E-state index contributed by atoms with van der Waals surface area (Å²) in [5.41, 5.74) is 0.939. The number of hydrogen-bond acceptors (Lipinski definition) is 4. The number of aryl methyl sites for hydroxylation is 1. The maximum atomic E-state index is 12.2. The number of carbonyl (C=O) groups is 1. The number of aromatic nitrogens is 1. The van der Waals surface area contributed by atoms with Crippen molar-refractivity contribution in [3.63, 3.8) is 0 Å². The van der Waals surface area contributed by atoms with Crippen molar-refractivity contribution < 1.29 is 4.79 Å². The third-order valence-corrected chi connectivity index (χ3v) is 4.59. The molecule has 1 atom stereocenters. The molecule has 5 nitrogen and oxygen atoms in total. The van der Waals surface area contributed by atoms with E-state index in [-0.39, 0.29) is 23.2 Å². The zero-order chi connectivity index (χ0) is 13.8. The van der Waals surface area contributed by atoms with Crippen LogP contribution < -0.4 is 10.2 Å². The van der Waals surface area contributed by atoms with Crippen LogP contribution in [0.15, 0.2) is 10.2 Å². The Balaban J connectivity index is 0.00000200. The summed E-state index contributed by atoms with van der Waals surface area (Å²) in [6.07, 6.45) is 2.59. The van der Waals surface area contributed by atoms with Crippen molar-refractivity contribution in [2.45, 2.75) is 38.8 Å². The number of amides is 1. The molecule has 114 valence electrons. The van der Waals surface area contributed by atoms with E-state index < -0.39 is 0 Å². The molecule has 0 saturated carbocycles. The SMILES string of the molecule is CNC1CCCN(C(=O)CCn2c(C)csc2=O)C1.Cl. The molecule has 1 aromatic rings. The van der Waals surface area contributed by atoms with Crippen molar-refractivity contribution in [1.29, 1.82) is 0 Å². The van der Waals surface area contributed by atoms with E-state index in [1.165, 1.54) is 11.3 Å². The van der Waals surface area contributed by atoms with Gasteiger partial charge in [0, 0.05) is 43.2 Å². The van der Waals surface area contributed by atoms with E-state index in [0.29, 0.717) is 19.0 Å². The predicted octanol–water partition coefficient (Wildman–Crippen LogP) is 1.24. The van der Waals surface area contributed by atoms with Crippen LogP contribution in [0.25, 0.3) is 0 Å². The van der Waals surface area contributed by atoms with Crippen LogP contribution in [0.3, 0.4) is 0 Å². The van der Waals surface area contributed by atoms with E-state index >= 15 is 0 Å². The summed E-state index contributed by atoms with van der Waals surface area (Å²) >= 11 is 1.19. The molecule has 1 aliphatic rings. The highest BCUT2D eigenvalue weighted by Crippen LogP contribution is 2.11. The first-order valence-corrected chi connectivity index (χ1v) is 7.59. The van der Waals surface area contributed by atoms with Crippen molar-refractivity contribution in [2.24, 2.45) is 0 Å². The molecule has 1 N–H and O–H groups in total. The molecule has 0 radical (unpaired) electrons. The molecule has 2 rings (SSSR count). The molecule has 1 unspecified atom stereocenters. The minimum atomic E-state index is 0. The van der Waals surface area contributed by atoms with Gasteiger partial charge in [-0.1, -0.05) is 11.3 Å². The first-order chi connectivity index (χ1) is 9.11. The molecule has 0 spiro atoms. The summed E-state index contributed by atoms with van der Waals surface area (Å²) in [5, 5.41) is 5.07. The molecule has 0 bridgehead atoms. The van der Waals surface area contributed by atoms with Crippen molar-refractivity contribution in [1.82, 2.24) is 14.8 Å². The Morgan fingerprint density at radius 3 is 2.90 bits per heavy atom. The van der Waals surface area contributed by atoms with E-state index in [2.05, 4.69) is 5.32 Å². The molecular formula is C13H22ClN3O2S. The van der Waals surface area contributed by atoms with Gasteiger partial charge in [0.15, 0.2) is 0 Å². The molecular weight excluding hydrogens is 298 g/mol. The van der Waals surface area contributed by atoms with Gasteiger partial charge in [0.1, 0.15) is 0 Å². The van der Waals surface area contributed by atoms with Gasteiger partial charge >= 0.3 is 4.87 Å². The monoisotopic (exact) mass is 319 g/mol. The topological polar surface area (TPSA) is 54.3 Å². The fourth-order valence-corrected chi connectivity index (χ4v) is 3.24. The average Bonchev–Trinajstić information content (AvgIpc) is 2.75. The molecule has 1 aromatic heterocycles. The van der Waals surface area contributed by atoms with Crippen molar-refractivity contribution >= 4 is 29.7 Å². The van der Waals surface area contributed by atoms with Gasteiger partial charge in [-0.2, -0.15) is 0 Å². The number of likely N-dealkylation sites (tertiary alicyclic amines) is 1. The van der Waals surface area contributed by atoms with Crippen LogP contribution in [0, 0.1) is 6.92 Å². The van der Waals surface area contributed by atoms with Crippen LogP contribution >= 0.6 is 23.7 Å². The zero-order valence-electron chi connectivity index (χ0n) is 11.9. The Kier molecular flexibility index (Phi) is 6.71. The number of thiazole rings is 1. The van der Waals surface area contributed by atoms with Gasteiger partial charge in [-0.05, 0) is 26.8 Å². The maximum absolute atomic E-state index is 12.2. The fourth-order valence-electron chi connectivity index (χ4n) is 2.48. The Bertz CT molecular complexity index is 500. The van der Waals surface area contributed by atoms with Crippen molar-refractivity contribution in [3.8, 4) is 0 Å². The van der Waals surface area contributed by atoms with Crippen LogP contribution in [0.5, 0.6) is 0 Å². The van der Waals surface area contributed by atoms with Gasteiger partial charge in [0.05, 0.1) is 0 Å². The third kappa shape index (κ3) is 4.07. The average molecular weight is 320 g/mol. The molecule has 20 heavy (non-hydrogen) atoms. The normalized spacial score (nSPS) is 18.7. The van der Waals surface area contributed by atoms with E-state index in [4.69, 9.17) is 0 Å². The van der Waals surface area contributed by atoms with Crippen LogP contribution in [0.1, 0.15) is 25.0 Å². The first-order valence-electron chi connectivity index (χ1n) is 6.71. The Labute approximate surface area is 129 Å². The number of likely N-dealkylation sites (N-methyl/N-ethyl adjacent to an activating group) is 1. The number of hydrogen-bond donors (Lipinski definition) is 1. The summed E-state index contributed by atoms with van der Waals surface area (Å²) in [4.78, 5) is 25.7. The lowest BCUT2D eigenvalue weighted by molar-refractivity contribution is -0.132. The number of piperidine rings is 1. The summed E-state index contributed by atoms with van der Waals surface area (Å²) in [6.45, 7) is 4.02. The second-order valence-corrected chi connectivity index (χ2v) is 5.83. The summed E-state index contributed by atoms with van der Waals surface area (Å²) in [7, 11) is 1.94. The zero-order valence-corrected chi connectivity index (χ0v) is 13.6. The Morgan fingerprint density at radius 2 is 2.30 bits per heavy atom. The van der Waals surface area contributed by atoms with E-state index in [1.54, 1.807) is 4.57 Å². The predicted molar refractivity (Wildman–Crippen MR) is 83.8 cm³/mol. The second kappa shape index (κ2) is 7.81. The molecule has 0 aliphatic carbocycles. The number of nitrogens with one attached hydrogen (secondary N) is 1. The summed E-state index contributed by atoms with van der Waals surface area (Å²) in [6, 6.07) is 0.406. The maximum Gasteiger partial charge on any atom is 0.307 e. The minimum absolute atomic E-state index is 0. The molecule has 1 amide bonds. The molecule has 1 saturated heterocycles. The highest BCUT2D eigenvalue weighted by Gasteiger charge is 2.22. The van der Waals surface area contributed by atoms with E-state index in [0.717, 1.165) is 31.6 Å². The quantitative estimate of drug-likeness (QED) is 0.908. The lowest BCUT2D eigenvalue weighted by Gasteiger charge is -2.32. The number of carbonyl (C=O) groups excluding carboxylic acids is 1. The highest BCUT2D eigenvalue weighted by atomic mass is 35.5. The van der Waals surface area contributed by atoms with Gasteiger partial charge in [0.25, 0.3) is 0 Å². The van der Waals surface area contributed by atoms with Crippen LogP contribution in [-0.2, 0) is 11.3 Å². The van der Waals surface area contributed by atoms with Gasteiger partial charge in [-0.25, -0.2) is 0 Å². The standard InChI is InChI=1S/C13H21N3O2S.ClH/c1-10-9-19-13(18)16(10)7-5-12(17)15-6-3-4-11(8-15)14-2;/h9,11,14H,3-8H2,1-2H3;1H. The highest BCUT2D eigenvalue weighted by molar-refractivity contribution is 7.07. The molecule has 0 aromatic carbocycles. The molecule has 1 fully saturated rings. The fraction of sp³-hybridized carbons (Fsp3) is 0.692. The smallest absolute Gasteiger partial charge is 0.307 e. The molecule has 2 heterocycles. The summed E-state index contributed by atoms with van der Waals surface area (Å²) in [5.74, 6) is 0.150. The van der Waals surface area contributed by atoms with Crippen molar-refractivity contribution in [3.05, 3.63) is 20.7 Å².